The highest BCUT2D eigenvalue weighted by molar-refractivity contribution is 14.1. The minimum atomic E-state index is -1.95. The molecule has 0 aliphatic carbocycles. The van der Waals surface area contributed by atoms with Crippen molar-refractivity contribution in [2.75, 3.05) is 0 Å². The summed E-state index contributed by atoms with van der Waals surface area (Å²) < 4.78 is 21.6. The summed E-state index contributed by atoms with van der Waals surface area (Å²) in [5.74, 6) is -0.737. The summed E-state index contributed by atoms with van der Waals surface area (Å²) in [6.45, 7) is 12.6. The van der Waals surface area contributed by atoms with Gasteiger partial charge in [-0.15, -0.1) is 0 Å². The van der Waals surface area contributed by atoms with E-state index in [2.05, 4.69) is 33.9 Å². The molecular formula is C12H22INO2Si. The maximum atomic E-state index is 11.8. The molecule has 1 amide bonds. The summed E-state index contributed by atoms with van der Waals surface area (Å²) in [6.07, 6.45) is -0.278. The third kappa shape index (κ3) is 3.11. The van der Waals surface area contributed by atoms with E-state index in [-0.39, 0.29) is 21.1 Å². The maximum Gasteiger partial charge on any atom is 0.235 e. The number of carbonyl (C=O) groups excluding carboxylic acids is 1. The van der Waals surface area contributed by atoms with E-state index in [0.29, 0.717) is 5.70 Å². The third-order valence-electron chi connectivity index (χ3n) is 3.64. The number of hydrogen-bond acceptors (Lipinski definition) is 2. The van der Waals surface area contributed by atoms with E-state index in [1.54, 1.807) is 0 Å². The van der Waals surface area contributed by atoms with E-state index < -0.39 is 14.2 Å². The molecule has 5 heteroatoms. The third-order valence-corrected chi connectivity index (χ3v) is 8.77. The average Bonchev–Trinajstić information content (AvgIpc) is 2.20. The highest BCUT2D eigenvalue weighted by Crippen LogP contribution is 2.39. The topological polar surface area (TPSA) is 38.3 Å². The Kier molecular flexibility index (Phi) is 3.58. The standard InChI is InChI=1S/C12H22INO2Si/c1-8(10-9(7-13)14-11(10)15)16-17(5,6)12(2,3)4/h7-8,10H,1-6H3,(H,14,15)/b9-7-/t8-,10-/m1/s1/i7D/hD. The van der Waals surface area contributed by atoms with Crippen LogP contribution in [0.15, 0.2) is 9.76 Å². The first-order chi connectivity index (χ1) is 8.40. The van der Waals surface area contributed by atoms with E-state index in [0.717, 1.165) is 5.31 Å². The van der Waals surface area contributed by atoms with Crippen molar-refractivity contribution in [1.82, 2.24) is 5.31 Å². The van der Waals surface area contributed by atoms with Gasteiger partial charge in [-0.3, -0.25) is 4.79 Å². The largest absolute Gasteiger partial charge is 0.413 e. The van der Waals surface area contributed by atoms with Gasteiger partial charge in [-0.25, -0.2) is 0 Å². The van der Waals surface area contributed by atoms with Crippen LogP contribution in [0.3, 0.4) is 0 Å². The van der Waals surface area contributed by atoms with Crippen LogP contribution in [0.2, 0.25) is 19.5 Å². The molecule has 2 atom stereocenters. The van der Waals surface area contributed by atoms with E-state index in [9.17, 15) is 4.79 Å². The van der Waals surface area contributed by atoms with Crippen molar-refractivity contribution in [3.8, 4) is 0 Å². The summed E-state index contributed by atoms with van der Waals surface area (Å²) in [5, 5.41) is 0.887. The molecule has 0 radical (unpaired) electrons. The van der Waals surface area contributed by atoms with Gasteiger partial charge in [-0.1, -0.05) is 43.4 Å². The van der Waals surface area contributed by atoms with Crippen LogP contribution in [0.4, 0.5) is 0 Å². The SMILES string of the molecule is [2H]/C(I)=C1\[C@@H]([C@@H](C)O[Si](C)(C)C(C)(C)C)C(=O)N1[2H]. The van der Waals surface area contributed by atoms with Crippen molar-refractivity contribution in [2.24, 2.45) is 5.92 Å². The van der Waals surface area contributed by atoms with Crippen LogP contribution in [0.25, 0.3) is 0 Å². The number of nitrogens with one attached hydrogen (secondary N) is 1. The highest BCUT2D eigenvalue weighted by Gasteiger charge is 2.44. The predicted molar refractivity (Wildman–Crippen MR) is 81.5 cm³/mol. The molecule has 0 aromatic heterocycles. The molecule has 1 aliphatic heterocycles. The molecule has 0 saturated carbocycles. The summed E-state index contributed by atoms with van der Waals surface area (Å²) in [4.78, 5) is 11.8. The second-order valence-corrected chi connectivity index (χ2v) is 11.3. The average molecular weight is 369 g/mol. The van der Waals surface area contributed by atoms with Gasteiger partial charge in [0.25, 0.3) is 0 Å². The fourth-order valence-electron chi connectivity index (χ4n) is 1.52. The van der Waals surface area contributed by atoms with Gasteiger partial charge in [-0.05, 0) is 29.1 Å². The summed E-state index contributed by atoms with van der Waals surface area (Å²) in [7, 11) is -1.95. The van der Waals surface area contributed by atoms with E-state index in [1.807, 2.05) is 29.5 Å². The second-order valence-electron chi connectivity index (χ2n) is 5.99. The molecular weight excluding hydrogens is 345 g/mol. The van der Waals surface area contributed by atoms with Crippen LogP contribution in [0.5, 0.6) is 0 Å². The normalized spacial score (nSPS) is 28.3. The first-order valence-electron chi connectivity index (χ1n) is 6.72. The summed E-state index contributed by atoms with van der Waals surface area (Å²) in [5.41, 5.74) is 0.455. The Morgan fingerprint density at radius 3 is 2.59 bits per heavy atom. The van der Waals surface area contributed by atoms with Crippen LogP contribution in [-0.2, 0) is 9.22 Å². The van der Waals surface area contributed by atoms with Crippen molar-refractivity contribution in [3.05, 3.63) is 9.76 Å². The van der Waals surface area contributed by atoms with Crippen LogP contribution in [0.1, 0.15) is 29.1 Å². The smallest absolute Gasteiger partial charge is 0.235 e. The van der Waals surface area contributed by atoms with E-state index in [4.69, 9.17) is 7.21 Å². The molecule has 0 bridgehead atoms. The van der Waals surface area contributed by atoms with Crippen LogP contribution >= 0.6 is 22.6 Å². The lowest BCUT2D eigenvalue weighted by Crippen LogP contribution is -2.55. The maximum absolute atomic E-state index is 11.8. The van der Waals surface area contributed by atoms with Crippen molar-refractivity contribution in [2.45, 2.75) is 51.9 Å². The quantitative estimate of drug-likeness (QED) is 0.470. The molecule has 0 aromatic carbocycles. The van der Waals surface area contributed by atoms with Crippen LogP contribution in [-0.4, -0.2) is 20.3 Å². The van der Waals surface area contributed by atoms with E-state index in [1.165, 1.54) is 0 Å². The van der Waals surface area contributed by atoms with Crippen molar-refractivity contribution in [3.63, 3.8) is 0 Å². The number of hydrogen-bond donors (Lipinski definition) is 1. The lowest BCUT2D eigenvalue weighted by atomic mass is 9.92. The number of amides is 1. The Hall–Kier alpha value is 0.117. The molecule has 0 spiro atoms. The molecule has 17 heavy (non-hydrogen) atoms. The molecule has 1 heterocycles. The second kappa shape index (κ2) is 5.01. The summed E-state index contributed by atoms with van der Waals surface area (Å²) >= 11 is 1.84. The number of rotatable bonds is 3. The minimum Gasteiger partial charge on any atom is -0.413 e. The highest BCUT2D eigenvalue weighted by atomic mass is 127. The summed E-state index contributed by atoms with van der Waals surface area (Å²) in [6, 6.07) is 0. The zero-order chi connectivity index (χ0) is 15.2. The van der Waals surface area contributed by atoms with Crippen LogP contribution in [0, 0.1) is 5.92 Å². The van der Waals surface area contributed by atoms with Crippen LogP contribution < -0.4 is 5.31 Å². The Balaban J connectivity index is 2.89. The Morgan fingerprint density at radius 1 is 1.65 bits per heavy atom. The van der Waals surface area contributed by atoms with Gasteiger partial charge in [0.1, 0.15) is 5.92 Å². The zero-order valence-corrected chi connectivity index (χ0v) is 14.5. The molecule has 0 aromatic rings. The molecule has 1 rings (SSSR count). The fourth-order valence-corrected chi connectivity index (χ4v) is 3.40. The molecule has 1 N–H and O–H groups in total. The molecule has 98 valence electrons. The number of halogens is 1. The lowest BCUT2D eigenvalue weighted by molar-refractivity contribution is -0.131. The Bertz CT molecular complexity index is 416. The van der Waals surface area contributed by atoms with Gasteiger partial charge < -0.3 is 9.74 Å². The number of carbonyl (C=O) groups is 1. The number of β-lactam (4-membered cyclic amide) rings is 1. The molecule has 1 saturated heterocycles. The Labute approximate surface area is 122 Å². The van der Waals surface area contributed by atoms with Gasteiger partial charge in [0.15, 0.2) is 9.73 Å². The van der Waals surface area contributed by atoms with E-state index >= 15 is 0 Å². The van der Waals surface area contributed by atoms with Gasteiger partial charge in [0.05, 0.1) is 7.47 Å². The molecule has 0 unspecified atom stereocenters. The molecule has 1 aliphatic rings. The van der Waals surface area contributed by atoms with Gasteiger partial charge >= 0.3 is 0 Å². The molecule has 3 nitrogen and oxygen atoms in total. The van der Waals surface area contributed by atoms with Crippen molar-refractivity contribution in [1.29, 1.82) is 0 Å². The van der Waals surface area contributed by atoms with Crippen molar-refractivity contribution >= 4 is 36.8 Å². The lowest BCUT2D eigenvalue weighted by Gasteiger charge is -2.42. The zero-order valence-electron chi connectivity index (χ0n) is 13.3. The van der Waals surface area contributed by atoms with Gasteiger partial charge in [-0.2, -0.15) is 0 Å². The Morgan fingerprint density at radius 2 is 2.18 bits per heavy atom. The van der Waals surface area contributed by atoms with Gasteiger partial charge in [0.2, 0.25) is 5.91 Å². The fraction of sp³-hybridized carbons (Fsp3) is 0.750. The first kappa shape index (κ1) is 12.2. The predicted octanol–water partition coefficient (Wildman–Crippen LogP) is 3.42. The molecule has 1 fully saturated rings. The monoisotopic (exact) mass is 369 g/mol. The van der Waals surface area contributed by atoms with Gasteiger partial charge in [0, 0.05) is 5.70 Å². The van der Waals surface area contributed by atoms with Crippen molar-refractivity contribution < 1.29 is 12.0 Å². The first-order valence-corrected chi connectivity index (χ1v) is 9.76. The minimum absolute atomic E-state index is 0.0761.